The molecule has 18 heavy (non-hydrogen) atoms. The molecule has 0 bridgehead atoms. The number of nitrogens with one attached hydrogen (secondary N) is 1. The second-order valence-electron chi connectivity index (χ2n) is 4.14. The molecular weight excluding hydrogens is 234 g/mol. The van der Waals surface area contributed by atoms with Gasteiger partial charge in [0.1, 0.15) is 6.04 Å². The molecule has 0 aromatic carbocycles. The Hall–Kier alpha value is -2.11. The second kappa shape index (κ2) is 6.00. The summed E-state index contributed by atoms with van der Waals surface area (Å²) in [6.45, 7) is 3.62. The maximum Gasteiger partial charge on any atom is 0.325 e. The molecule has 0 aliphatic carbocycles. The van der Waals surface area contributed by atoms with E-state index >= 15 is 0 Å². The lowest BCUT2D eigenvalue weighted by Gasteiger charge is -2.19. The largest absolute Gasteiger partial charge is 0.480 e. The first-order valence-corrected chi connectivity index (χ1v) is 5.57. The van der Waals surface area contributed by atoms with Crippen molar-refractivity contribution in [3.8, 4) is 0 Å². The van der Waals surface area contributed by atoms with Crippen LogP contribution in [0.15, 0.2) is 18.2 Å². The first-order chi connectivity index (χ1) is 8.40. The standard InChI is InChI=1S/C12H17N3O3/c1-8-5-4-6-10(13-8)7-15(3)12(18)14-9(2)11(16)17/h4-6,9H,7H2,1-3H3,(H,14,18)(H,16,17). The molecule has 0 aliphatic heterocycles. The van der Waals surface area contributed by atoms with Crippen LogP contribution in [0.3, 0.4) is 0 Å². The van der Waals surface area contributed by atoms with Crippen molar-refractivity contribution in [2.45, 2.75) is 26.4 Å². The molecular formula is C12H17N3O3. The van der Waals surface area contributed by atoms with E-state index < -0.39 is 18.0 Å². The number of aliphatic carboxylic acids is 1. The molecule has 0 radical (unpaired) electrons. The summed E-state index contributed by atoms with van der Waals surface area (Å²) in [6, 6.07) is 4.20. The molecule has 1 atom stereocenters. The fraction of sp³-hybridized carbons (Fsp3) is 0.417. The van der Waals surface area contributed by atoms with Gasteiger partial charge in [0.25, 0.3) is 0 Å². The Bertz CT molecular complexity index is 448. The number of aryl methyl sites for hydroxylation is 1. The number of nitrogens with zero attached hydrogens (tertiary/aromatic N) is 2. The maximum absolute atomic E-state index is 11.7. The van der Waals surface area contributed by atoms with E-state index in [1.807, 2.05) is 25.1 Å². The molecule has 2 amide bonds. The van der Waals surface area contributed by atoms with E-state index in [0.29, 0.717) is 6.54 Å². The molecule has 98 valence electrons. The van der Waals surface area contributed by atoms with Crippen LogP contribution in [0, 0.1) is 6.92 Å². The molecule has 6 nitrogen and oxygen atoms in total. The lowest BCUT2D eigenvalue weighted by atomic mass is 10.3. The van der Waals surface area contributed by atoms with E-state index in [4.69, 9.17) is 5.11 Å². The summed E-state index contributed by atoms with van der Waals surface area (Å²) in [5, 5.41) is 11.1. The molecule has 0 saturated heterocycles. The first-order valence-electron chi connectivity index (χ1n) is 5.57. The Morgan fingerprint density at radius 3 is 2.72 bits per heavy atom. The number of urea groups is 1. The van der Waals surface area contributed by atoms with Gasteiger partial charge in [0, 0.05) is 12.7 Å². The fourth-order valence-electron chi connectivity index (χ4n) is 1.36. The Labute approximate surface area is 106 Å². The summed E-state index contributed by atoms with van der Waals surface area (Å²) >= 11 is 0. The summed E-state index contributed by atoms with van der Waals surface area (Å²) in [5.41, 5.74) is 1.64. The van der Waals surface area contributed by atoms with Gasteiger partial charge >= 0.3 is 12.0 Å². The van der Waals surface area contributed by atoms with Crippen molar-refractivity contribution in [2.75, 3.05) is 7.05 Å². The highest BCUT2D eigenvalue weighted by Crippen LogP contribution is 2.02. The van der Waals surface area contributed by atoms with Gasteiger partial charge in [0.15, 0.2) is 0 Å². The van der Waals surface area contributed by atoms with Gasteiger partial charge in [0.05, 0.1) is 12.2 Å². The minimum Gasteiger partial charge on any atom is -0.480 e. The number of rotatable bonds is 4. The summed E-state index contributed by atoms with van der Waals surface area (Å²) in [5.74, 6) is -1.06. The zero-order valence-electron chi connectivity index (χ0n) is 10.7. The van der Waals surface area contributed by atoms with Gasteiger partial charge in [0.2, 0.25) is 0 Å². The van der Waals surface area contributed by atoms with Gasteiger partial charge in [-0.3, -0.25) is 9.78 Å². The Morgan fingerprint density at radius 1 is 1.50 bits per heavy atom. The molecule has 0 fully saturated rings. The molecule has 2 N–H and O–H groups in total. The van der Waals surface area contributed by atoms with Crippen LogP contribution in [0.2, 0.25) is 0 Å². The average Bonchev–Trinajstić information content (AvgIpc) is 2.28. The van der Waals surface area contributed by atoms with Gasteiger partial charge in [-0.2, -0.15) is 0 Å². The van der Waals surface area contributed by atoms with Crippen molar-refractivity contribution < 1.29 is 14.7 Å². The van der Waals surface area contributed by atoms with Crippen molar-refractivity contribution in [1.29, 1.82) is 0 Å². The molecule has 0 saturated carbocycles. The molecule has 1 unspecified atom stereocenters. The number of carboxylic acid groups (broad SMARTS) is 1. The number of carbonyl (C=O) groups is 2. The van der Waals surface area contributed by atoms with E-state index in [0.717, 1.165) is 11.4 Å². The lowest BCUT2D eigenvalue weighted by molar-refractivity contribution is -0.138. The van der Waals surface area contributed by atoms with E-state index in [-0.39, 0.29) is 0 Å². The SMILES string of the molecule is Cc1cccc(CN(C)C(=O)NC(C)C(=O)O)n1. The summed E-state index contributed by atoms with van der Waals surface area (Å²) in [6.07, 6.45) is 0. The second-order valence-corrected chi connectivity index (χ2v) is 4.14. The van der Waals surface area contributed by atoms with Crippen molar-refractivity contribution in [2.24, 2.45) is 0 Å². The highest BCUT2D eigenvalue weighted by atomic mass is 16.4. The van der Waals surface area contributed by atoms with Crippen LogP contribution >= 0.6 is 0 Å². The maximum atomic E-state index is 11.7. The van der Waals surface area contributed by atoms with E-state index in [9.17, 15) is 9.59 Å². The third kappa shape index (κ3) is 4.04. The average molecular weight is 251 g/mol. The number of aromatic nitrogens is 1. The Morgan fingerprint density at radius 2 is 2.17 bits per heavy atom. The zero-order valence-corrected chi connectivity index (χ0v) is 10.7. The molecule has 0 spiro atoms. The number of carbonyl (C=O) groups excluding carboxylic acids is 1. The molecule has 1 aromatic heterocycles. The summed E-state index contributed by atoms with van der Waals surface area (Å²) in [7, 11) is 1.59. The van der Waals surface area contributed by atoms with Gasteiger partial charge < -0.3 is 15.3 Å². The molecule has 6 heteroatoms. The predicted molar refractivity (Wildman–Crippen MR) is 66.1 cm³/mol. The van der Waals surface area contributed by atoms with Crippen LogP contribution in [0.4, 0.5) is 4.79 Å². The van der Waals surface area contributed by atoms with Crippen LogP contribution in [0.5, 0.6) is 0 Å². The molecule has 1 rings (SSSR count). The monoisotopic (exact) mass is 251 g/mol. The molecule has 0 aliphatic rings. The number of hydrogen-bond donors (Lipinski definition) is 2. The minimum absolute atomic E-state index is 0.333. The number of amides is 2. The minimum atomic E-state index is -1.06. The third-order valence-corrected chi connectivity index (χ3v) is 2.40. The topological polar surface area (TPSA) is 82.5 Å². The zero-order chi connectivity index (χ0) is 13.7. The molecule has 1 aromatic rings. The van der Waals surface area contributed by atoms with Crippen molar-refractivity contribution >= 4 is 12.0 Å². The first kappa shape index (κ1) is 14.0. The van der Waals surface area contributed by atoms with Crippen LogP contribution in [0.25, 0.3) is 0 Å². The Kier molecular flexibility index (Phi) is 4.65. The van der Waals surface area contributed by atoms with Crippen molar-refractivity contribution in [3.63, 3.8) is 0 Å². The highest BCUT2D eigenvalue weighted by molar-refractivity contribution is 5.82. The fourth-order valence-corrected chi connectivity index (χ4v) is 1.36. The number of hydrogen-bond acceptors (Lipinski definition) is 3. The van der Waals surface area contributed by atoms with Gasteiger partial charge in [-0.1, -0.05) is 6.07 Å². The summed E-state index contributed by atoms with van der Waals surface area (Å²) < 4.78 is 0. The quantitative estimate of drug-likeness (QED) is 0.836. The number of carboxylic acids is 1. The smallest absolute Gasteiger partial charge is 0.325 e. The van der Waals surface area contributed by atoms with E-state index in [1.54, 1.807) is 7.05 Å². The van der Waals surface area contributed by atoms with Crippen LogP contribution < -0.4 is 5.32 Å². The lowest BCUT2D eigenvalue weighted by Crippen LogP contribution is -2.44. The normalized spacial score (nSPS) is 11.7. The van der Waals surface area contributed by atoms with Crippen LogP contribution in [-0.2, 0) is 11.3 Å². The number of pyridine rings is 1. The van der Waals surface area contributed by atoms with E-state index in [1.165, 1.54) is 11.8 Å². The summed E-state index contributed by atoms with van der Waals surface area (Å²) in [4.78, 5) is 27.9. The van der Waals surface area contributed by atoms with Crippen molar-refractivity contribution in [1.82, 2.24) is 15.2 Å². The predicted octanol–water partition coefficient (Wildman–Crippen LogP) is 1.00. The van der Waals surface area contributed by atoms with E-state index in [2.05, 4.69) is 10.3 Å². The third-order valence-electron chi connectivity index (χ3n) is 2.40. The van der Waals surface area contributed by atoms with Gasteiger partial charge in [-0.25, -0.2) is 4.79 Å². The van der Waals surface area contributed by atoms with Gasteiger partial charge in [-0.05, 0) is 26.0 Å². The Balaban J connectivity index is 2.57. The van der Waals surface area contributed by atoms with Gasteiger partial charge in [-0.15, -0.1) is 0 Å². The van der Waals surface area contributed by atoms with Crippen LogP contribution in [-0.4, -0.2) is 40.1 Å². The molecule has 1 heterocycles. The highest BCUT2D eigenvalue weighted by Gasteiger charge is 2.17. The van der Waals surface area contributed by atoms with Crippen molar-refractivity contribution in [3.05, 3.63) is 29.6 Å². The van der Waals surface area contributed by atoms with Crippen LogP contribution in [0.1, 0.15) is 18.3 Å².